The average Bonchev–Trinajstić information content (AvgIpc) is 2.65. The molecule has 0 unspecified atom stereocenters. The Morgan fingerprint density at radius 3 is 2.70 bits per heavy atom. The number of amides is 1. The minimum absolute atomic E-state index is 0.0435. The number of hydrogen-bond acceptors (Lipinski definition) is 4. The van der Waals surface area contributed by atoms with Gasteiger partial charge in [-0.15, -0.1) is 0 Å². The van der Waals surface area contributed by atoms with Crippen molar-refractivity contribution in [2.45, 2.75) is 33.6 Å². The molecule has 6 nitrogen and oxygen atoms in total. The Balaban J connectivity index is 2.08. The van der Waals surface area contributed by atoms with Crippen molar-refractivity contribution in [3.63, 3.8) is 0 Å². The van der Waals surface area contributed by atoms with Crippen molar-refractivity contribution >= 4 is 22.6 Å². The summed E-state index contributed by atoms with van der Waals surface area (Å²) < 4.78 is 15.6. The Morgan fingerprint density at radius 2 is 2.00 bits per heavy atom. The van der Waals surface area contributed by atoms with Crippen LogP contribution in [-0.2, 0) is 4.79 Å². The Kier molecular flexibility index (Phi) is 5.30. The van der Waals surface area contributed by atoms with Crippen LogP contribution in [0.3, 0.4) is 0 Å². The number of fused-ring (bicyclic) bond motifs is 1. The molecule has 0 aliphatic heterocycles. The summed E-state index contributed by atoms with van der Waals surface area (Å²) in [5.41, 5.74) is 0.536. The lowest BCUT2D eigenvalue weighted by atomic mass is 10.0. The minimum Gasteiger partial charge on any atom is -0.323 e. The van der Waals surface area contributed by atoms with E-state index in [-0.39, 0.29) is 23.1 Å². The van der Waals surface area contributed by atoms with Crippen LogP contribution in [0.4, 0.5) is 10.1 Å². The first kappa shape index (κ1) is 18.7. The molecule has 1 aromatic carbocycles. The van der Waals surface area contributed by atoms with Gasteiger partial charge >= 0.3 is 0 Å². The lowest BCUT2D eigenvalue weighted by Crippen LogP contribution is -2.24. The lowest BCUT2D eigenvalue weighted by molar-refractivity contribution is -0.120. The van der Waals surface area contributed by atoms with Crippen LogP contribution in [-0.4, -0.2) is 20.4 Å². The van der Waals surface area contributed by atoms with E-state index < -0.39 is 5.82 Å². The average molecular weight is 368 g/mol. The summed E-state index contributed by atoms with van der Waals surface area (Å²) in [6.45, 7) is 5.51. The van der Waals surface area contributed by atoms with Gasteiger partial charge in [0, 0.05) is 12.1 Å². The zero-order valence-electron chi connectivity index (χ0n) is 15.5. The molecule has 0 aliphatic rings. The number of nitrogens with zero attached hydrogens (tertiary/aromatic N) is 3. The fourth-order valence-electron chi connectivity index (χ4n) is 3.07. The number of halogens is 1. The van der Waals surface area contributed by atoms with E-state index in [1.807, 2.05) is 13.8 Å². The van der Waals surface area contributed by atoms with Crippen molar-refractivity contribution in [1.29, 1.82) is 0 Å². The molecule has 3 rings (SSSR count). The number of aryl methyl sites for hydroxylation is 1. The Labute approximate surface area is 156 Å². The van der Waals surface area contributed by atoms with E-state index in [9.17, 15) is 14.0 Å². The van der Waals surface area contributed by atoms with Gasteiger partial charge in [-0.3, -0.25) is 14.2 Å². The maximum Gasteiger partial charge on any atom is 0.267 e. The van der Waals surface area contributed by atoms with Gasteiger partial charge in [-0.25, -0.2) is 14.4 Å². The quantitative estimate of drug-likeness (QED) is 0.746. The monoisotopic (exact) mass is 368 g/mol. The van der Waals surface area contributed by atoms with Crippen LogP contribution < -0.4 is 10.9 Å². The zero-order valence-corrected chi connectivity index (χ0v) is 15.5. The summed E-state index contributed by atoms with van der Waals surface area (Å²) in [5.74, 6) is -0.555. The molecule has 140 valence electrons. The largest absolute Gasteiger partial charge is 0.323 e. The summed E-state index contributed by atoms with van der Waals surface area (Å²) in [6, 6.07) is 7.48. The fraction of sp³-hybridized carbons (Fsp3) is 0.300. The van der Waals surface area contributed by atoms with Crippen LogP contribution in [0.1, 0.15) is 32.5 Å². The van der Waals surface area contributed by atoms with E-state index in [0.717, 1.165) is 0 Å². The first-order valence-electron chi connectivity index (χ1n) is 8.91. The molecule has 7 heteroatoms. The third kappa shape index (κ3) is 3.58. The van der Waals surface area contributed by atoms with Gasteiger partial charge in [0.15, 0.2) is 5.65 Å². The Morgan fingerprint density at radius 1 is 1.26 bits per heavy atom. The first-order chi connectivity index (χ1) is 13.0. The molecule has 1 N–H and O–H groups in total. The maximum atomic E-state index is 14.2. The van der Waals surface area contributed by atoms with Gasteiger partial charge in [-0.2, -0.15) is 0 Å². The highest BCUT2D eigenvalue weighted by Crippen LogP contribution is 2.21. The number of anilines is 1. The summed E-state index contributed by atoms with van der Waals surface area (Å²) in [6.07, 6.45) is 2.91. The van der Waals surface area contributed by atoms with E-state index in [2.05, 4.69) is 15.3 Å². The number of nitrogens with one attached hydrogen (secondary N) is 1. The maximum absolute atomic E-state index is 14.2. The highest BCUT2D eigenvalue weighted by atomic mass is 19.1. The van der Waals surface area contributed by atoms with Crippen LogP contribution in [0.5, 0.6) is 0 Å². The molecule has 0 spiro atoms. The molecule has 3 aromatic rings. The standard InChI is InChI=1S/C20H21FN4O2/c1-4-13(5-2)19(26)24-17-11-14(8-9-16(17)21)25-12(3)23-18-15(20(25)27)7-6-10-22-18/h6-11,13H,4-5H2,1-3H3,(H,24,26). The summed E-state index contributed by atoms with van der Waals surface area (Å²) in [4.78, 5) is 33.6. The third-order valence-corrected chi connectivity index (χ3v) is 4.63. The molecule has 2 heterocycles. The smallest absolute Gasteiger partial charge is 0.267 e. The van der Waals surface area contributed by atoms with Gasteiger partial charge in [-0.05, 0) is 50.1 Å². The molecule has 0 saturated carbocycles. The zero-order chi connectivity index (χ0) is 19.6. The second-order valence-corrected chi connectivity index (χ2v) is 6.34. The lowest BCUT2D eigenvalue weighted by Gasteiger charge is -2.15. The van der Waals surface area contributed by atoms with Gasteiger partial charge in [0.05, 0.1) is 16.8 Å². The molecule has 0 bridgehead atoms. The number of pyridine rings is 1. The van der Waals surface area contributed by atoms with Crippen LogP contribution in [0.15, 0.2) is 41.3 Å². The van der Waals surface area contributed by atoms with E-state index in [1.54, 1.807) is 25.3 Å². The van der Waals surface area contributed by atoms with Crippen LogP contribution in [0.25, 0.3) is 16.7 Å². The number of hydrogen-bond donors (Lipinski definition) is 1. The third-order valence-electron chi connectivity index (χ3n) is 4.63. The van der Waals surface area contributed by atoms with Gasteiger partial charge in [0.25, 0.3) is 5.56 Å². The van der Waals surface area contributed by atoms with Crippen LogP contribution in [0, 0.1) is 18.7 Å². The van der Waals surface area contributed by atoms with E-state index >= 15 is 0 Å². The van der Waals surface area contributed by atoms with Crippen LogP contribution >= 0.6 is 0 Å². The fourth-order valence-corrected chi connectivity index (χ4v) is 3.07. The number of carbonyl (C=O) groups is 1. The molecule has 27 heavy (non-hydrogen) atoms. The molecule has 1 amide bonds. The number of aromatic nitrogens is 3. The SMILES string of the molecule is CCC(CC)C(=O)Nc1cc(-n2c(C)nc3ncccc3c2=O)ccc1F. The van der Waals surface area contributed by atoms with Gasteiger partial charge in [-0.1, -0.05) is 13.8 Å². The number of carbonyl (C=O) groups excluding carboxylic acids is 1. The molecular weight excluding hydrogens is 347 g/mol. The highest BCUT2D eigenvalue weighted by Gasteiger charge is 2.17. The van der Waals surface area contributed by atoms with E-state index in [4.69, 9.17) is 0 Å². The predicted octanol–water partition coefficient (Wildman–Crippen LogP) is 3.60. The summed E-state index contributed by atoms with van der Waals surface area (Å²) >= 11 is 0. The molecule has 0 atom stereocenters. The molecule has 2 aromatic heterocycles. The second-order valence-electron chi connectivity index (χ2n) is 6.34. The van der Waals surface area contributed by atoms with Crippen molar-refractivity contribution < 1.29 is 9.18 Å². The van der Waals surface area contributed by atoms with E-state index in [1.165, 1.54) is 22.8 Å². The van der Waals surface area contributed by atoms with Crippen LogP contribution in [0.2, 0.25) is 0 Å². The molecule has 0 fully saturated rings. The topological polar surface area (TPSA) is 76.9 Å². The van der Waals surface area contributed by atoms with Gasteiger partial charge in [0.2, 0.25) is 5.91 Å². The highest BCUT2D eigenvalue weighted by molar-refractivity contribution is 5.92. The van der Waals surface area contributed by atoms with Crippen molar-refractivity contribution in [3.05, 3.63) is 58.5 Å². The van der Waals surface area contributed by atoms with E-state index in [0.29, 0.717) is 35.4 Å². The summed E-state index contributed by atoms with van der Waals surface area (Å²) in [7, 11) is 0. The molecular formula is C20H21FN4O2. The molecule has 0 radical (unpaired) electrons. The van der Waals surface area contributed by atoms with Crippen molar-refractivity contribution in [3.8, 4) is 5.69 Å². The summed E-state index contributed by atoms with van der Waals surface area (Å²) in [5, 5.41) is 3.01. The predicted molar refractivity (Wildman–Crippen MR) is 103 cm³/mol. The second kappa shape index (κ2) is 7.65. The van der Waals surface area contributed by atoms with Gasteiger partial charge in [0.1, 0.15) is 11.6 Å². The Hall–Kier alpha value is -3.09. The number of rotatable bonds is 5. The van der Waals surface area contributed by atoms with Crippen molar-refractivity contribution in [1.82, 2.24) is 14.5 Å². The first-order valence-corrected chi connectivity index (χ1v) is 8.91. The molecule has 0 aliphatic carbocycles. The minimum atomic E-state index is -0.556. The van der Waals surface area contributed by atoms with Crippen molar-refractivity contribution in [2.75, 3.05) is 5.32 Å². The Bertz CT molecular complexity index is 1060. The molecule has 0 saturated heterocycles. The normalized spacial score (nSPS) is 11.1. The van der Waals surface area contributed by atoms with Crippen molar-refractivity contribution in [2.24, 2.45) is 5.92 Å². The number of benzene rings is 1. The van der Waals surface area contributed by atoms with Gasteiger partial charge < -0.3 is 5.32 Å².